The van der Waals surface area contributed by atoms with Crippen molar-refractivity contribution < 1.29 is 15.0 Å². The van der Waals surface area contributed by atoms with Crippen LogP contribution in [0.5, 0.6) is 0 Å². The molecular weight excluding hydrogens is 646 g/mol. The minimum Gasteiger partial charge on any atom is -0.481 e. The average molecular weight is 696 g/mol. The molecule has 0 spiro atoms. The summed E-state index contributed by atoms with van der Waals surface area (Å²) in [5.41, 5.74) is 1.49. The quantitative estimate of drug-likeness (QED) is 0.204. The molecule has 0 bridgehead atoms. The molecule has 5 heterocycles. The summed E-state index contributed by atoms with van der Waals surface area (Å²) in [6.45, 7) is 13.3. The van der Waals surface area contributed by atoms with Gasteiger partial charge >= 0.3 is 5.97 Å². The third-order valence-electron chi connectivity index (χ3n) is 10.9. The Kier molecular flexibility index (Phi) is 9.95. The summed E-state index contributed by atoms with van der Waals surface area (Å²) in [4.78, 5) is 46.2. The molecule has 3 N–H and O–H groups in total. The van der Waals surface area contributed by atoms with Gasteiger partial charge < -0.3 is 25.3 Å². The summed E-state index contributed by atoms with van der Waals surface area (Å²) in [6.07, 6.45) is 9.60. The Morgan fingerprint density at radius 3 is 2.18 bits per heavy atom. The van der Waals surface area contributed by atoms with Crippen LogP contribution in [0.4, 0.5) is 17.3 Å². The van der Waals surface area contributed by atoms with Crippen LogP contribution >= 0.6 is 0 Å². The zero-order chi connectivity index (χ0) is 35.7. The Hall–Kier alpha value is -4.59. The molecule has 51 heavy (non-hydrogen) atoms. The number of anilines is 3. The molecule has 13 heteroatoms. The maximum atomic E-state index is 13.4. The number of aliphatic hydroxyl groups is 1. The van der Waals surface area contributed by atoms with E-state index in [1.54, 1.807) is 42.8 Å². The van der Waals surface area contributed by atoms with Crippen LogP contribution in [0.25, 0.3) is 16.9 Å². The van der Waals surface area contributed by atoms with E-state index in [1.807, 2.05) is 12.1 Å². The third-order valence-corrected chi connectivity index (χ3v) is 10.9. The molecule has 3 fully saturated rings. The molecule has 0 unspecified atom stereocenters. The highest BCUT2D eigenvalue weighted by molar-refractivity contribution is 5.77. The summed E-state index contributed by atoms with van der Waals surface area (Å²) in [6, 6.07) is 14.9. The van der Waals surface area contributed by atoms with Gasteiger partial charge in [0.2, 0.25) is 5.95 Å². The van der Waals surface area contributed by atoms with Gasteiger partial charge in [-0.3, -0.25) is 14.5 Å². The standard InChI is InChI=1S/C38H49N9O4/c1-4-18-46-35(48)31-25-39-37(42-34(31)47(46)33-7-5-6-32(41-33)38(2,3)51)40-27-8-10-28(11-9-27)44-21-23-45(24-22-44)30-14-12-29(13-15-30)43-19-16-26(17-20-43)36(49)50/h4-11,25-26,29-30,51H,1,12-24H2,2-3H3,(H,49,50)(H,39,40,42). The molecule has 270 valence electrons. The second kappa shape index (κ2) is 14.6. The van der Waals surface area contributed by atoms with Gasteiger partial charge in [0.15, 0.2) is 11.5 Å². The van der Waals surface area contributed by atoms with Gasteiger partial charge in [0, 0.05) is 55.8 Å². The number of aromatic nitrogens is 5. The van der Waals surface area contributed by atoms with Gasteiger partial charge in [-0.25, -0.2) is 19.3 Å². The first-order valence-electron chi connectivity index (χ1n) is 18.2. The molecule has 2 saturated heterocycles. The summed E-state index contributed by atoms with van der Waals surface area (Å²) < 4.78 is 3.17. The number of fused-ring (bicyclic) bond motifs is 1. The molecule has 0 amide bonds. The van der Waals surface area contributed by atoms with E-state index in [1.165, 1.54) is 42.2 Å². The van der Waals surface area contributed by atoms with Crippen molar-refractivity contribution in [1.82, 2.24) is 34.1 Å². The highest BCUT2D eigenvalue weighted by atomic mass is 16.4. The van der Waals surface area contributed by atoms with Gasteiger partial charge in [0.25, 0.3) is 5.56 Å². The van der Waals surface area contributed by atoms with Crippen LogP contribution in [-0.4, -0.2) is 102 Å². The number of piperidine rings is 1. The fourth-order valence-corrected chi connectivity index (χ4v) is 8.02. The van der Waals surface area contributed by atoms with E-state index in [0.717, 1.165) is 57.8 Å². The number of pyridine rings is 1. The van der Waals surface area contributed by atoms with E-state index in [0.29, 0.717) is 40.6 Å². The van der Waals surface area contributed by atoms with Crippen LogP contribution in [0, 0.1) is 5.92 Å². The van der Waals surface area contributed by atoms with Crippen LogP contribution in [0.3, 0.4) is 0 Å². The summed E-state index contributed by atoms with van der Waals surface area (Å²) >= 11 is 0. The maximum absolute atomic E-state index is 13.4. The Morgan fingerprint density at radius 1 is 0.922 bits per heavy atom. The molecular formula is C38H49N9O4. The van der Waals surface area contributed by atoms with E-state index in [4.69, 9.17) is 4.98 Å². The fraction of sp³-hybridized carbons (Fsp3) is 0.500. The molecule has 3 aliphatic rings. The lowest BCUT2D eigenvalue weighted by molar-refractivity contribution is -0.143. The van der Waals surface area contributed by atoms with Gasteiger partial charge in [-0.2, -0.15) is 4.98 Å². The second-order valence-electron chi connectivity index (χ2n) is 14.7. The number of carbonyl (C=O) groups is 1. The van der Waals surface area contributed by atoms with E-state index in [-0.39, 0.29) is 18.0 Å². The monoisotopic (exact) mass is 695 g/mol. The van der Waals surface area contributed by atoms with Crippen LogP contribution in [-0.2, 0) is 16.9 Å². The van der Waals surface area contributed by atoms with Crippen molar-refractivity contribution in [3.63, 3.8) is 0 Å². The number of piperazine rings is 1. The molecule has 0 atom stereocenters. The fourth-order valence-electron chi connectivity index (χ4n) is 8.02. The summed E-state index contributed by atoms with van der Waals surface area (Å²) in [5, 5.41) is 23.6. The number of hydrogen-bond acceptors (Lipinski definition) is 10. The SMILES string of the molecule is C=CCn1c(=O)c2cnc(Nc3ccc(N4CCN(C5CCC(N6CCC(C(=O)O)CC6)CC5)CC4)cc3)nc2n1-c1cccc(C(C)(C)O)n1. The van der Waals surface area contributed by atoms with Gasteiger partial charge in [0.05, 0.1) is 18.2 Å². The lowest BCUT2D eigenvalue weighted by Crippen LogP contribution is -2.53. The van der Waals surface area contributed by atoms with Crippen molar-refractivity contribution >= 4 is 34.3 Å². The van der Waals surface area contributed by atoms with Crippen molar-refractivity contribution in [1.29, 1.82) is 0 Å². The molecule has 1 aromatic carbocycles. The predicted octanol–water partition coefficient (Wildman–Crippen LogP) is 4.36. The number of carboxylic acid groups (broad SMARTS) is 1. The largest absolute Gasteiger partial charge is 0.481 e. The third kappa shape index (κ3) is 7.42. The topological polar surface area (TPSA) is 145 Å². The minimum absolute atomic E-state index is 0.164. The Labute approximate surface area is 298 Å². The Bertz CT molecular complexity index is 1910. The van der Waals surface area contributed by atoms with Crippen LogP contribution in [0.1, 0.15) is 58.1 Å². The highest BCUT2D eigenvalue weighted by Crippen LogP contribution is 2.31. The van der Waals surface area contributed by atoms with E-state index >= 15 is 0 Å². The number of nitrogens with zero attached hydrogens (tertiary/aromatic N) is 8. The Morgan fingerprint density at radius 2 is 1.57 bits per heavy atom. The number of likely N-dealkylation sites (tertiary alicyclic amines) is 1. The smallest absolute Gasteiger partial charge is 0.306 e. The zero-order valence-corrected chi connectivity index (χ0v) is 29.6. The van der Waals surface area contributed by atoms with Crippen LogP contribution in [0.2, 0.25) is 0 Å². The lowest BCUT2D eigenvalue weighted by atomic mass is 9.87. The first-order valence-corrected chi connectivity index (χ1v) is 18.2. The van der Waals surface area contributed by atoms with E-state index in [2.05, 4.69) is 48.7 Å². The molecule has 2 aliphatic heterocycles. The Balaban J connectivity index is 0.972. The van der Waals surface area contributed by atoms with Crippen molar-refractivity contribution in [3.8, 4) is 5.82 Å². The van der Waals surface area contributed by atoms with Gasteiger partial charge in [0.1, 0.15) is 11.0 Å². The number of nitrogens with one attached hydrogen (secondary N) is 1. The van der Waals surface area contributed by atoms with Crippen molar-refractivity contribution in [2.75, 3.05) is 49.5 Å². The number of rotatable bonds is 10. The number of carboxylic acids is 1. The van der Waals surface area contributed by atoms with Crippen LogP contribution < -0.4 is 15.8 Å². The summed E-state index contributed by atoms with van der Waals surface area (Å²) in [5.74, 6) is 0.0123. The first kappa shape index (κ1) is 34.8. The maximum Gasteiger partial charge on any atom is 0.306 e. The number of benzene rings is 1. The lowest BCUT2D eigenvalue weighted by Gasteiger charge is -2.45. The molecule has 1 aliphatic carbocycles. The minimum atomic E-state index is -1.16. The van der Waals surface area contributed by atoms with E-state index in [9.17, 15) is 19.8 Å². The molecule has 4 aromatic rings. The highest BCUT2D eigenvalue weighted by Gasteiger charge is 2.33. The summed E-state index contributed by atoms with van der Waals surface area (Å²) in [7, 11) is 0. The zero-order valence-electron chi connectivity index (χ0n) is 29.6. The van der Waals surface area contributed by atoms with E-state index < -0.39 is 11.6 Å². The normalized spacial score (nSPS) is 21.2. The second-order valence-corrected chi connectivity index (χ2v) is 14.7. The van der Waals surface area contributed by atoms with Crippen molar-refractivity contribution in [2.24, 2.45) is 5.92 Å². The molecule has 0 radical (unpaired) electrons. The first-order chi connectivity index (χ1) is 24.6. The van der Waals surface area contributed by atoms with Gasteiger partial charge in [-0.15, -0.1) is 6.58 Å². The number of allylic oxidation sites excluding steroid dienone is 1. The molecule has 7 rings (SSSR count). The number of aliphatic carboxylic acids is 1. The molecule has 3 aromatic heterocycles. The molecule has 13 nitrogen and oxygen atoms in total. The number of hydrogen-bond donors (Lipinski definition) is 3. The van der Waals surface area contributed by atoms with Crippen LogP contribution in [0.15, 0.2) is 66.1 Å². The van der Waals surface area contributed by atoms with Crippen molar-refractivity contribution in [3.05, 3.63) is 77.4 Å². The van der Waals surface area contributed by atoms with Gasteiger partial charge in [-0.1, -0.05) is 12.1 Å². The van der Waals surface area contributed by atoms with Crippen molar-refractivity contribution in [2.45, 2.75) is 76.6 Å². The average Bonchev–Trinajstić information content (AvgIpc) is 3.42. The van der Waals surface area contributed by atoms with Gasteiger partial charge in [-0.05, 0) is 102 Å². The predicted molar refractivity (Wildman–Crippen MR) is 198 cm³/mol. The molecule has 1 saturated carbocycles.